The summed E-state index contributed by atoms with van der Waals surface area (Å²) in [4.78, 5) is 37.6. The summed E-state index contributed by atoms with van der Waals surface area (Å²) in [6, 6.07) is 13.8. The quantitative estimate of drug-likeness (QED) is 0.870. The number of carbonyl (C=O) groups is 3. The van der Waals surface area contributed by atoms with Crippen molar-refractivity contribution in [1.29, 1.82) is 0 Å². The van der Waals surface area contributed by atoms with Crippen LogP contribution in [0.5, 0.6) is 5.75 Å². The van der Waals surface area contributed by atoms with Crippen molar-refractivity contribution < 1.29 is 19.1 Å². The molecule has 0 fully saturated rings. The van der Waals surface area contributed by atoms with E-state index < -0.39 is 6.10 Å². The molecule has 1 heterocycles. The Labute approximate surface area is 145 Å². The number of para-hydroxylation sites is 2. The van der Waals surface area contributed by atoms with Gasteiger partial charge in [-0.15, -0.1) is 0 Å². The number of ether oxygens (including phenoxy) is 1. The molecular formula is C19H18N2O4. The van der Waals surface area contributed by atoms with E-state index in [1.807, 2.05) is 6.07 Å². The lowest BCUT2D eigenvalue weighted by molar-refractivity contribution is -0.127. The Kier molecular flexibility index (Phi) is 4.52. The molecule has 2 aromatic rings. The van der Waals surface area contributed by atoms with Gasteiger partial charge in [0.2, 0.25) is 5.91 Å². The van der Waals surface area contributed by atoms with Crippen molar-refractivity contribution in [3.63, 3.8) is 0 Å². The van der Waals surface area contributed by atoms with Crippen LogP contribution in [0.1, 0.15) is 24.2 Å². The molecule has 6 nitrogen and oxygen atoms in total. The second-order valence-corrected chi connectivity index (χ2v) is 5.84. The molecule has 0 aromatic heterocycles. The summed E-state index contributed by atoms with van der Waals surface area (Å²) in [7, 11) is 0. The summed E-state index contributed by atoms with van der Waals surface area (Å²) in [5.74, 6) is -0.132. The average Bonchev–Trinajstić information content (AvgIpc) is 2.59. The van der Waals surface area contributed by atoms with Crippen molar-refractivity contribution >= 4 is 29.0 Å². The zero-order chi connectivity index (χ0) is 18.0. The summed E-state index contributed by atoms with van der Waals surface area (Å²) < 4.78 is 5.56. The van der Waals surface area contributed by atoms with E-state index in [2.05, 4.69) is 5.32 Å². The number of benzene rings is 2. The van der Waals surface area contributed by atoms with E-state index in [0.717, 1.165) is 0 Å². The Hall–Kier alpha value is -3.15. The van der Waals surface area contributed by atoms with Crippen LogP contribution >= 0.6 is 0 Å². The molecule has 1 N–H and O–H groups in total. The molecule has 0 spiro atoms. The highest BCUT2D eigenvalue weighted by Gasteiger charge is 2.32. The number of nitrogens with zero attached hydrogens (tertiary/aromatic N) is 1. The molecule has 0 aliphatic carbocycles. The van der Waals surface area contributed by atoms with Crippen LogP contribution in [0.3, 0.4) is 0 Å². The standard InChI is InChI=1S/C19H18N2O4/c1-12(22)14-6-5-7-15(10-14)20-18(23)11-21-16-8-3-4-9-17(16)25-13(2)19(21)24/h3-10,13H,11H2,1-2H3,(H,20,23)/t13-/m0/s1. The molecule has 0 radical (unpaired) electrons. The van der Waals surface area contributed by atoms with Gasteiger partial charge in [0.15, 0.2) is 11.9 Å². The predicted octanol–water partition coefficient (Wildman–Crippen LogP) is 2.64. The van der Waals surface area contributed by atoms with Crippen molar-refractivity contribution in [3.8, 4) is 5.75 Å². The molecule has 0 saturated carbocycles. The summed E-state index contributed by atoms with van der Waals surface area (Å²) in [5, 5.41) is 2.72. The number of amides is 2. The number of hydrogen-bond donors (Lipinski definition) is 1. The largest absolute Gasteiger partial charge is 0.479 e. The van der Waals surface area contributed by atoms with Crippen molar-refractivity contribution in [2.45, 2.75) is 20.0 Å². The maximum atomic E-state index is 12.4. The molecule has 0 saturated heterocycles. The predicted molar refractivity (Wildman–Crippen MR) is 94.0 cm³/mol. The Morgan fingerprint density at radius 2 is 1.92 bits per heavy atom. The van der Waals surface area contributed by atoms with E-state index in [4.69, 9.17) is 4.74 Å². The highest BCUT2D eigenvalue weighted by Crippen LogP contribution is 2.33. The van der Waals surface area contributed by atoms with Crippen molar-refractivity contribution in [2.24, 2.45) is 0 Å². The van der Waals surface area contributed by atoms with Crippen molar-refractivity contribution in [3.05, 3.63) is 54.1 Å². The fourth-order valence-electron chi connectivity index (χ4n) is 2.68. The molecule has 128 valence electrons. The third-order valence-electron chi connectivity index (χ3n) is 3.93. The molecular weight excluding hydrogens is 320 g/mol. The van der Waals surface area contributed by atoms with Crippen molar-refractivity contribution in [1.82, 2.24) is 0 Å². The second-order valence-electron chi connectivity index (χ2n) is 5.84. The first-order valence-corrected chi connectivity index (χ1v) is 7.93. The number of anilines is 2. The first kappa shape index (κ1) is 16.7. The van der Waals surface area contributed by atoms with Crippen LogP contribution in [0, 0.1) is 0 Å². The van der Waals surface area contributed by atoms with Crippen LogP contribution in [-0.2, 0) is 9.59 Å². The van der Waals surface area contributed by atoms with E-state index >= 15 is 0 Å². The molecule has 0 unspecified atom stereocenters. The number of nitrogens with one attached hydrogen (secondary N) is 1. The number of Topliss-reactive ketones (excluding diaryl/α,β-unsaturated/α-hetero) is 1. The van der Waals surface area contributed by atoms with Gasteiger partial charge in [0.1, 0.15) is 12.3 Å². The number of fused-ring (bicyclic) bond motifs is 1. The van der Waals surface area contributed by atoms with Gasteiger partial charge in [-0.1, -0.05) is 24.3 Å². The maximum absolute atomic E-state index is 12.4. The van der Waals surface area contributed by atoms with E-state index in [1.54, 1.807) is 49.4 Å². The van der Waals surface area contributed by atoms with Gasteiger partial charge in [-0.3, -0.25) is 19.3 Å². The normalized spacial score (nSPS) is 16.0. The molecule has 25 heavy (non-hydrogen) atoms. The zero-order valence-electron chi connectivity index (χ0n) is 14.0. The van der Waals surface area contributed by atoms with Crippen LogP contribution in [-0.4, -0.2) is 30.2 Å². The Bertz CT molecular complexity index is 847. The van der Waals surface area contributed by atoms with Crippen LogP contribution in [0.25, 0.3) is 0 Å². The lowest BCUT2D eigenvalue weighted by Gasteiger charge is -2.32. The van der Waals surface area contributed by atoms with Crippen LogP contribution in [0.15, 0.2) is 48.5 Å². The number of rotatable bonds is 4. The molecule has 6 heteroatoms. The zero-order valence-corrected chi connectivity index (χ0v) is 14.0. The van der Waals surface area contributed by atoms with Gasteiger partial charge < -0.3 is 10.1 Å². The topological polar surface area (TPSA) is 75.7 Å². The van der Waals surface area contributed by atoms with E-state index in [0.29, 0.717) is 22.7 Å². The van der Waals surface area contributed by atoms with Gasteiger partial charge in [0.25, 0.3) is 5.91 Å². The van der Waals surface area contributed by atoms with Crippen molar-refractivity contribution in [2.75, 3.05) is 16.8 Å². The SMILES string of the molecule is CC(=O)c1cccc(NC(=O)CN2C(=O)[C@H](C)Oc3ccccc32)c1. The van der Waals surface area contributed by atoms with Crippen LogP contribution in [0.4, 0.5) is 11.4 Å². The molecule has 0 bridgehead atoms. The molecule has 2 aromatic carbocycles. The minimum absolute atomic E-state index is 0.0813. The van der Waals surface area contributed by atoms with Gasteiger partial charge in [-0.25, -0.2) is 0 Å². The third-order valence-corrected chi connectivity index (χ3v) is 3.93. The fourth-order valence-corrected chi connectivity index (χ4v) is 2.68. The van der Waals surface area contributed by atoms with E-state index in [1.165, 1.54) is 11.8 Å². The molecule has 1 aliphatic rings. The minimum Gasteiger partial charge on any atom is -0.479 e. The number of ketones is 1. The highest BCUT2D eigenvalue weighted by molar-refractivity contribution is 6.06. The average molecular weight is 338 g/mol. The summed E-state index contributed by atoms with van der Waals surface area (Å²) in [6.07, 6.45) is -0.649. The molecule has 3 rings (SSSR count). The van der Waals surface area contributed by atoms with Gasteiger partial charge in [0.05, 0.1) is 5.69 Å². The Morgan fingerprint density at radius 3 is 2.68 bits per heavy atom. The van der Waals surface area contributed by atoms with Gasteiger partial charge in [-0.2, -0.15) is 0 Å². The first-order chi connectivity index (χ1) is 12.0. The number of carbonyl (C=O) groups excluding carboxylic acids is 3. The van der Waals surface area contributed by atoms with Gasteiger partial charge in [0, 0.05) is 11.3 Å². The van der Waals surface area contributed by atoms with Gasteiger partial charge >= 0.3 is 0 Å². The first-order valence-electron chi connectivity index (χ1n) is 7.93. The smallest absolute Gasteiger partial charge is 0.268 e. The molecule has 1 aliphatic heterocycles. The summed E-state index contributed by atoms with van der Waals surface area (Å²) >= 11 is 0. The highest BCUT2D eigenvalue weighted by atomic mass is 16.5. The molecule has 2 amide bonds. The summed E-state index contributed by atoms with van der Waals surface area (Å²) in [6.45, 7) is 2.99. The molecule has 1 atom stereocenters. The fraction of sp³-hybridized carbons (Fsp3) is 0.211. The minimum atomic E-state index is -0.649. The maximum Gasteiger partial charge on any atom is 0.268 e. The second kappa shape index (κ2) is 6.76. The van der Waals surface area contributed by atoms with E-state index in [-0.39, 0.29) is 24.1 Å². The summed E-state index contributed by atoms with van der Waals surface area (Å²) in [5.41, 5.74) is 1.59. The third kappa shape index (κ3) is 3.52. The van der Waals surface area contributed by atoms with Crippen LogP contribution in [0.2, 0.25) is 0 Å². The number of hydrogen-bond acceptors (Lipinski definition) is 4. The van der Waals surface area contributed by atoms with Gasteiger partial charge in [-0.05, 0) is 38.1 Å². The lowest BCUT2D eigenvalue weighted by Crippen LogP contribution is -2.47. The monoisotopic (exact) mass is 338 g/mol. The van der Waals surface area contributed by atoms with E-state index in [9.17, 15) is 14.4 Å². The van der Waals surface area contributed by atoms with Crippen LogP contribution < -0.4 is 15.0 Å². The Balaban J connectivity index is 1.77. The Morgan fingerprint density at radius 1 is 1.16 bits per heavy atom. The lowest BCUT2D eigenvalue weighted by atomic mass is 10.1.